The van der Waals surface area contributed by atoms with Gasteiger partial charge in [0.05, 0.1) is 5.41 Å². The van der Waals surface area contributed by atoms with E-state index in [9.17, 15) is 0 Å². The lowest BCUT2D eigenvalue weighted by Crippen LogP contribution is -2.32. The highest BCUT2D eigenvalue weighted by Crippen LogP contribution is 2.65. The Morgan fingerprint density at radius 1 is 0.357 bits per heavy atom. The number of benzene rings is 11. The van der Waals surface area contributed by atoms with Gasteiger partial charge in [0.25, 0.3) is 0 Å². The SMILES string of the molecule is CC1(C)c2ccccc2-c2ccc(N(c3ccc(-c4cccc5c4-c4ccccc4C54c5ccc6ccccc6c5Oc5c4ccc4ccccc54)cc3)c3ccc4c(c3)-c3ccccc3CC4)cc21. The molecule has 0 saturated carbocycles. The first-order valence-electron chi connectivity index (χ1n) is 24.8. The van der Waals surface area contributed by atoms with E-state index in [2.05, 4.69) is 243 Å². The molecule has 0 bridgehead atoms. The van der Waals surface area contributed by atoms with Gasteiger partial charge in [-0.15, -0.1) is 0 Å². The predicted octanol–water partition coefficient (Wildman–Crippen LogP) is 17.7. The van der Waals surface area contributed by atoms with Crippen LogP contribution in [-0.2, 0) is 23.7 Å². The van der Waals surface area contributed by atoms with Crippen molar-refractivity contribution in [2.24, 2.45) is 0 Å². The van der Waals surface area contributed by atoms with Gasteiger partial charge in [-0.1, -0.05) is 202 Å². The van der Waals surface area contributed by atoms with E-state index < -0.39 is 5.41 Å². The minimum absolute atomic E-state index is 0.126. The Labute approximate surface area is 408 Å². The maximum atomic E-state index is 7.24. The molecule has 0 fully saturated rings. The molecule has 330 valence electrons. The Morgan fingerprint density at radius 3 is 1.64 bits per heavy atom. The molecule has 0 N–H and O–H groups in total. The first-order valence-corrected chi connectivity index (χ1v) is 24.8. The first-order chi connectivity index (χ1) is 34.5. The van der Waals surface area contributed by atoms with E-state index in [1.807, 2.05) is 0 Å². The number of hydrogen-bond donors (Lipinski definition) is 0. The number of ether oxygens (including phenoxy) is 1. The highest BCUT2D eigenvalue weighted by Gasteiger charge is 2.52. The van der Waals surface area contributed by atoms with Crippen LogP contribution in [0.3, 0.4) is 0 Å². The second kappa shape index (κ2) is 14.5. The fraction of sp³-hybridized carbons (Fsp3) is 0.0882. The molecule has 11 aromatic carbocycles. The maximum Gasteiger partial charge on any atom is 0.140 e. The van der Waals surface area contributed by atoms with Gasteiger partial charge in [-0.25, -0.2) is 0 Å². The summed E-state index contributed by atoms with van der Waals surface area (Å²) < 4.78 is 7.24. The molecule has 0 aromatic heterocycles. The lowest BCUT2D eigenvalue weighted by Gasteiger charge is -2.40. The molecule has 2 nitrogen and oxygen atoms in total. The van der Waals surface area contributed by atoms with Crippen LogP contribution in [0.4, 0.5) is 17.1 Å². The highest BCUT2D eigenvalue weighted by molar-refractivity contribution is 6.02. The van der Waals surface area contributed by atoms with Gasteiger partial charge in [-0.3, -0.25) is 0 Å². The van der Waals surface area contributed by atoms with Gasteiger partial charge in [-0.2, -0.15) is 0 Å². The smallest absolute Gasteiger partial charge is 0.140 e. The average Bonchev–Trinajstić information content (AvgIpc) is 3.84. The van der Waals surface area contributed by atoms with E-state index in [1.165, 1.54) is 99.8 Å². The molecular weight excluding hydrogens is 847 g/mol. The van der Waals surface area contributed by atoms with Gasteiger partial charge in [0.15, 0.2) is 0 Å². The number of fused-ring (bicyclic) bond motifs is 19. The van der Waals surface area contributed by atoms with Crippen LogP contribution in [0.2, 0.25) is 0 Å². The Morgan fingerprint density at radius 2 is 0.900 bits per heavy atom. The van der Waals surface area contributed by atoms with E-state index in [0.29, 0.717) is 0 Å². The van der Waals surface area contributed by atoms with Crippen LogP contribution in [0.15, 0.2) is 224 Å². The first kappa shape index (κ1) is 39.5. The molecule has 1 aliphatic heterocycles. The van der Waals surface area contributed by atoms with Crippen molar-refractivity contribution in [3.8, 4) is 56.0 Å². The van der Waals surface area contributed by atoms with E-state index >= 15 is 0 Å². The molecule has 70 heavy (non-hydrogen) atoms. The van der Waals surface area contributed by atoms with Crippen molar-refractivity contribution in [1.82, 2.24) is 0 Å². The third kappa shape index (κ3) is 5.34. The summed E-state index contributed by atoms with van der Waals surface area (Å²) in [4.78, 5) is 2.48. The van der Waals surface area contributed by atoms with Crippen molar-refractivity contribution < 1.29 is 4.74 Å². The molecule has 0 radical (unpaired) electrons. The largest absolute Gasteiger partial charge is 0.455 e. The van der Waals surface area contributed by atoms with Crippen LogP contribution >= 0.6 is 0 Å². The van der Waals surface area contributed by atoms with E-state index in [-0.39, 0.29) is 5.41 Å². The molecule has 0 amide bonds. The Hall–Kier alpha value is -8.46. The van der Waals surface area contributed by atoms with Crippen molar-refractivity contribution >= 4 is 38.6 Å². The summed E-state index contributed by atoms with van der Waals surface area (Å²) in [5.41, 5.74) is 23.5. The van der Waals surface area contributed by atoms with Crippen LogP contribution in [0.25, 0.3) is 66.1 Å². The summed E-state index contributed by atoms with van der Waals surface area (Å²) in [5, 5.41) is 4.59. The number of hydrogen-bond acceptors (Lipinski definition) is 2. The Balaban J connectivity index is 0.921. The minimum atomic E-state index is -0.609. The monoisotopic (exact) mass is 893 g/mol. The Bertz CT molecular complexity index is 3940. The van der Waals surface area contributed by atoms with Gasteiger partial charge in [0.1, 0.15) is 11.5 Å². The third-order valence-electron chi connectivity index (χ3n) is 16.4. The molecule has 11 aromatic rings. The zero-order valence-electron chi connectivity index (χ0n) is 39.1. The van der Waals surface area contributed by atoms with E-state index in [0.717, 1.165) is 52.2 Å². The average molecular weight is 894 g/mol. The molecule has 1 heterocycles. The zero-order valence-corrected chi connectivity index (χ0v) is 39.1. The predicted molar refractivity (Wildman–Crippen MR) is 289 cm³/mol. The summed E-state index contributed by atoms with van der Waals surface area (Å²) in [6, 6.07) is 84.1. The lowest BCUT2D eigenvalue weighted by atomic mass is 9.65. The van der Waals surface area contributed by atoms with Gasteiger partial charge < -0.3 is 9.64 Å². The molecular formula is C68H47NO. The standard InChI is InChI=1S/C68H47NO/c1-67(2)58-23-11-9-20-54(58)55-37-36-49(41-63(55)67)69(48-35-30-46-27-26-42-14-3-6-17-50(42)57(46)40-48)47-33-28-45(29-34-47)51-22-13-25-60-64(51)56-21-10-12-24-59(56)68(60)61-38-31-43-15-4-7-18-52(43)65(61)70-66-53-19-8-5-16-44(53)32-39-62(66)68/h3-25,28-41H,26-27H2,1-2H3. The molecule has 2 heteroatoms. The van der Waals surface area contributed by atoms with Gasteiger partial charge >= 0.3 is 0 Å². The lowest BCUT2D eigenvalue weighted by molar-refractivity contribution is 0.447. The van der Waals surface area contributed by atoms with Gasteiger partial charge in [0, 0.05) is 44.4 Å². The Kier molecular flexibility index (Phi) is 8.20. The number of anilines is 3. The van der Waals surface area contributed by atoms with Gasteiger partial charge in [-0.05, 0) is 138 Å². The van der Waals surface area contributed by atoms with Crippen LogP contribution in [-0.4, -0.2) is 0 Å². The maximum absolute atomic E-state index is 7.24. The fourth-order valence-corrected chi connectivity index (χ4v) is 13.2. The number of aryl methyl sites for hydroxylation is 2. The summed E-state index contributed by atoms with van der Waals surface area (Å²) in [6.07, 6.45) is 2.12. The normalized spacial score (nSPS) is 14.7. The van der Waals surface area contributed by atoms with Crippen molar-refractivity contribution in [2.45, 2.75) is 37.5 Å². The van der Waals surface area contributed by atoms with Crippen LogP contribution in [0.1, 0.15) is 58.4 Å². The molecule has 3 aliphatic carbocycles. The van der Waals surface area contributed by atoms with Crippen LogP contribution < -0.4 is 9.64 Å². The van der Waals surface area contributed by atoms with E-state index in [4.69, 9.17) is 4.74 Å². The van der Waals surface area contributed by atoms with Crippen LogP contribution in [0, 0.1) is 0 Å². The fourth-order valence-electron chi connectivity index (χ4n) is 13.2. The number of rotatable bonds is 4. The molecule has 0 saturated heterocycles. The summed E-state index contributed by atoms with van der Waals surface area (Å²) in [6.45, 7) is 4.75. The third-order valence-corrected chi connectivity index (χ3v) is 16.4. The van der Waals surface area contributed by atoms with Crippen molar-refractivity contribution in [2.75, 3.05) is 4.90 Å². The second-order valence-corrected chi connectivity index (χ2v) is 20.2. The molecule has 15 rings (SSSR count). The van der Waals surface area contributed by atoms with Crippen molar-refractivity contribution in [1.29, 1.82) is 0 Å². The molecule has 0 unspecified atom stereocenters. The van der Waals surface area contributed by atoms with E-state index in [1.54, 1.807) is 0 Å². The van der Waals surface area contributed by atoms with Crippen LogP contribution in [0.5, 0.6) is 11.5 Å². The summed E-state index contributed by atoms with van der Waals surface area (Å²) >= 11 is 0. The van der Waals surface area contributed by atoms with Crippen molar-refractivity contribution in [3.63, 3.8) is 0 Å². The minimum Gasteiger partial charge on any atom is -0.455 e. The second-order valence-electron chi connectivity index (χ2n) is 20.2. The van der Waals surface area contributed by atoms with Gasteiger partial charge in [0.2, 0.25) is 0 Å². The summed E-state index contributed by atoms with van der Waals surface area (Å²) in [5.74, 6) is 1.87. The quantitative estimate of drug-likeness (QED) is 0.175. The van der Waals surface area contributed by atoms with Crippen molar-refractivity contribution in [3.05, 3.63) is 269 Å². The zero-order chi connectivity index (χ0) is 46.3. The topological polar surface area (TPSA) is 12.5 Å². The highest BCUT2D eigenvalue weighted by atomic mass is 16.5. The molecule has 4 aliphatic rings. The number of nitrogens with zero attached hydrogens (tertiary/aromatic N) is 1. The summed E-state index contributed by atoms with van der Waals surface area (Å²) in [7, 11) is 0. The molecule has 0 atom stereocenters. The molecule has 1 spiro atoms.